The predicted molar refractivity (Wildman–Crippen MR) is 87.5 cm³/mol. The number of nitrogens with zero attached hydrogens (tertiary/aromatic N) is 1. The second-order valence-corrected chi connectivity index (χ2v) is 6.59. The molecule has 0 bridgehead atoms. The van der Waals surface area contributed by atoms with Crippen molar-refractivity contribution in [2.45, 2.75) is 40.2 Å². The number of hydrogen-bond acceptors (Lipinski definition) is 4. The first-order chi connectivity index (χ1) is 9.86. The molecule has 0 amide bonds. The third-order valence-electron chi connectivity index (χ3n) is 3.05. The van der Waals surface area contributed by atoms with Gasteiger partial charge in [-0.05, 0) is 43.0 Å². The minimum Gasteiger partial charge on any atom is -0.486 e. The van der Waals surface area contributed by atoms with E-state index >= 15 is 0 Å². The van der Waals surface area contributed by atoms with E-state index in [2.05, 4.69) is 24.9 Å². The van der Waals surface area contributed by atoms with Crippen molar-refractivity contribution < 1.29 is 4.74 Å². The summed E-state index contributed by atoms with van der Waals surface area (Å²) in [4.78, 5) is 5.32. The maximum atomic E-state index is 7.64. The second-order valence-electron chi connectivity index (χ2n) is 5.50. The van der Waals surface area contributed by atoms with Gasteiger partial charge < -0.3 is 10.5 Å². The summed E-state index contributed by atoms with van der Waals surface area (Å²) in [6, 6.07) is 6.13. The lowest BCUT2D eigenvalue weighted by Gasteiger charge is -2.06. The van der Waals surface area contributed by atoms with E-state index in [9.17, 15) is 0 Å². The zero-order valence-electron chi connectivity index (χ0n) is 12.9. The molecule has 112 valence electrons. The van der Waals surface area contributed by atoms with E-state index in [0.29, 0.717) is 6.61 Å². The molecule has 0 unspecified atom stereocenters. The number of aromatic nitrogens is 1. The Morgan fingerprint density at radius 3 is 2.38 bits per heavy atom. The van der Waals surface area contributed by atoms with Crippen molar-refractivity contribution >= 4 is 17.2 Å². The Morgan fingerprint density at radius 2 is 1.90 bits per heavy atom. The van der Waals surface area contributed by atoms with Crippen LogP contribution in [0.2, 0.25) is 0 Å². The van der Waals surface area contributed by atoms with Gasteiger partial charge in [0.25, 0.3) is 0 Å². The Balaban J connectivity index is 2.16. The summed E-state index contributed by atoms with van der Waals surface area (Å²) in [5, 5.41) is 8.49. The van der Waals surface area contributed by atoms with Gasteiger partial charge in [0.1, 0.15) is 23.2 Å². The molecule has 0 aliphatic carbocycles. The molecule has 1 heterocycles. The molecular weight excluding hydrogens is 282 g/mol. The zero-order valence-corrected chi connectivity index (χ0v) is 13.7. The largest absolute Gasteiger partial charge is 0.486 e. The summed E-state index contributed by atoms with van der Waals surface area (Å²) in [5.74, 6) is 1.17. The molecule has 5 heteroatoms. The van der Waals surface area contributed by atoms with Crippen molar-refractivity contribution in [3.63, 3.8) is 0 Å². The van der Waals surface area contributed by atoms with E-state index in [0.717, 1.165) is 21.3 Å². The Labute approximate surface area is 129 Å². The van der Waals surface area contributed by atoms with Gasteiger partial charge in [-0.15, -0.1) is 11.3 Å². The number of nitrogens with one attached hydrogen (secondary N) is 1. The number of ether oxygens (including phenoxy) is 1. The maximum absolute atomic E-state index is 7.64. The average Bonchev–Trinajstić information content (AvgIpc) is 2.79. The summed E-state index contributed by atoms with van der Waals surface area (Å²) in [6.07, 6.45) is 0. The molecule has 0 fully saturated rings. The van der Waals surface area contributed by atoms with Gasteiger partial charge in [0.2, 0.25) is 0 Å². The van der Waals surface area contributed by atoms with E-state index in [-0.39, 0.29) is 11.8 Å². The summed E-state index contributed by atoms with van der Waals surface area (Å²) < 4.78 is 5.82. The Bertz CT molecular complexity index is 641. The van der Waals surface area contributed by atoms with Gasteiger partial charge >= 0.3 is 0 Å². The molecule has 0 aliphatic rings. The zero-order chi connectivity index (χ0) is 15.6. The number of thiazole rings is 1. The highest BCUT2D eigenvalue weighted by atomic mass is 32.1. The van der Waals surface area contributed by atoms with Crippen molar-refractivity contribution in [3.8, 4) is 5.75 Å². The predicted octanol–water partition coefficient (Wildman–Crippen LogP) is 3.75. The van der Waals surface area contributed by atoms with E-state index in [1.54, 1.807) is 0 Å². The van der Waals surface area contributed by atoms with Crippen molar-refractivity contribution in [2.75, 3.05) is 0 Å². The van der Waals surface area contributed by atoms with Gasteiger partial charge in [-0.25, -0.2) is 4.98 Å². The third kappa shape index (κ3) is 3.82. The summed E-state index contributed by atoms with van der Waals surface area (Å²) in [6.45, 7) is 8.61. The fourth-order valence-electron chi connectivity index (χ4n) is 2.19. The summed E-state index contributed by atoms with van der Waals surface area (Å²) in [7, 11) is 0. The monoisotopic (exact) mass is 303 g/mol. The first kappa shape index (κ1) is 15.5. The first-order valence-electron chi connectivity index (χ1n) is 6.92. The van der Waals surface area contributed by atoms with E-state index in [4.69, 9.17) is 15.9 Å². The molecule has 2 aromatic rings. The van der Waals surface area contributed by atoms with E-state index in [1.165, 1.54) is 22.5 Å². The maximum Gasteiger partial charge on any atom is 0.140 e. The van der Waals surface area contributed by atoms with Gasteiger partial charge in [0, 0.05) is 0 Å². The van der Waals surface area contributed by atoms with Gasteiger partial charge in [0.05, 0.1) is 10.6 Å². The minimum atomic E-state index is 0.0776. The van der Waals surface area contributed by atoms with Crippen LogP contribution in [0.15, 0.2) is 18.2 Å². The van der Waals surface area contributed by atoms with Crippen molar-refractivity contribution in [1.82, 2.24) is 4.98 Å². The Hall–Kier alpha value is -1.88. The molecule has 0 spiro atoms. The number of aryl methyl sites for hydroxylation is 2. The van der Waals surface area contributed by atoms with Crippen molar-refractivity contribution in [3.05, 3.63) is 44.9 Å². The number of nitrogens with two attached hydrogens (primary N) is 1. The van der Waals surface area contributed by atoms with E-state index < -0.39 is 0 Å². The second kappa shape index (κ2) is 6.26. The molecule has 4 nitrogen and oxygen atoms in total. The van der Waals surface area contributed by atoms with Crippen LogP contribution in [-0.2, 0) is 6.61 Å². The number of benzene rings is 1. The number of hydrogen-bond donors (Lipinski definition) is 2. The third-order valence-corrected chi connectivity index (χ3v) is 4.12. The number of rotatable bonds is 5. The van der Waals surface area contributed by atoms with Gasteiger partial charge in [-0.3, -0.25) is 5.41 Å². The highest BCUT2D eigenvalue weighted by molar-refractivity contribution is 7.13. The molecule has 1 aromatic carbocycles. The van der Waals surface area contributed by atoms with Crippen LogP contribution >= 0.6 is 11.3 Å². The van der Waals surface area contributed by atoms with Crippen LogP contribution in [0.25, 0.3) is 0 Å². The van der Waals surface area contributed by atoms with E-state index in [1.807, 2.05) is 26.0 Å². The Kier molecular flexibility index (Phi) is 4.63. The van der Waals surface area contributed by atoms with Crippen molar-refractivity contribution in [2.24, 2.45) is 5.73 Å². The summed E-state index contributed by atoms with van der Waals surface area (Å²) >= 11 is 1.44. The van der Waals surface area contributed by atoms with Gasteiger partial charge in [-0.2, -0.15) is 0 Å². The quantitative estimate of drug-likeness (QED) is 0.652. The molecule has 0 atom stereocenters. The lowest BCUT2D eigenvalue weighted by molar-refractivity contribution is 0.305. The van der Waals surface area contributed by atoms with Gasteiger partial charge in [0.15, 0.2) is 0 Å². The molecule has 3 N–H and O–H groups in total. The van der Waals surface area contributed by atoms with Gasteiger partial charge in [-0.1, -0.05) is 19.9 Å². The molecule has 21 heavy (non-hydrogen) atoms. The highest BCUT2D eigenvalue weighted by Gasteiger charge is 2.16. The molecule has 0 radical (unpaired) electrons. The SMILES string of the molecule is Cc1cc(C)cc(OCc2nc(C(C)C)c(C(=N)N)s2)c1. The van der Waals surface area contributed by atoms with Crippen LogP contribution in [0.1, 0.15) is 46.5 Å². The van der Waals surface area contributed by atoms with Crippen LogP contribution < -0.4 is 10.5 Å². The Morgan fingerprint density at radius 1 is 1.29 bits per heavy atom. The lowest BCUT2D eigenvalue weighted by atomic mass is 10.1. The fourth-order valence-corrected chi connectivity index (χ4v) is 3.18. The van der Waals surface area contributed by atoms with Crippen LogP contribution in [0.5, 0.6) is 5.75 Å². The van der Waals surface area contributed by atoms with Crippen molar-refractivity contribution in [1.29, 1.82) is 5.41 Å². The lowest BCUT2D eigenvalue weighted by Crippen LogP contribution is -2.12. The average molecular weight is 303 g/mol. The molecule has 2 rings (SSSR count). The standard InChI is InChI=1S/C16H21N3OS/c1-9(2)14-15(16(17)18)21-13(19-14)8-20-12-6-10(3)5-11(4)7-12/h5-7,9H,8H2,1-4H3,(H3,17,18). The smallest absolute Gasteiger partial charge is 0.140 e. The highest BCUT2D eigenvalue weighted by Crippen LogP contribution is 2.26. The topological polar surface area (TPSA) is 72.0 Å². The van der Waals surface area contributed by atoms with Crippen LogP contribution in [0, 0.1) is 19.3 Å². The van der Waals surface area contributed by atoms with Crippen LogP contribution in [0.4, 0.5) is 0 Å². The molecule has 1 aromatic heterocycles. The minimum absolute atomic E-state index is 0.0776. The van der Waals surface area contributed by atoms with Crippen LogP contribution in [-0.4, -0.2) is 10.8 Å². The number of nitrogen functional groups attached to an aromatic ring is 1. The molecule has 0 aliphatic heterocycles. The first-order valence-corrected chi connectivity index (χ1v) is 7.73. The molecule has 0 saturated heterocycles. The fraction of sp³-hybridized carbons (Fsp3) is 0.375. The normalized spacial score (nSPS) is 10.9. The summed E-state index contributed by atoms with van der Waals surface area (Å²) in [5.41, 5.74) is 8.86. The van der Waals surface area contributed by atoms with Crippen LogP contribution in [0.3, 0.4) is 0 Å². The molecule has 0 saturated carbocycles. The number of amidine groups is 1. The molecular formula is C16H21N3OS.